The van der Waals surface area contributed by atoms with Crippen molar-refractivity contribution in [2.24, 2.45) is 11.8 Å². The van der Waals surface area contributed by atoms with Crippen molar-refractivity contribution < 1.29 is 14.3 Å². The molecule has 1 aromatic carbocycles. The van der Waals surface area contributed by atoms with Crippen LogP contribution >= 0.6 is 11.8 Å². The van der Waals surface area contributed by atoms with Gasteiger partial charge in [0.15, 0.2) is 5.60 Å². The molecule has 0 aliphatic heterocycles. The number of carbonyl (C=O) groups excluding carboxylic acids is 1. The zero-order valence-corrected chi connectivity index (χ0v) is 14.6. The van der Waals surface area contributed by atoms with Crippen LogP contribution in [0.15, 0.2) is 36.4 Å². The van der Waals surface area contributed by atoms with Crippen molar-refractivity contribution in [1.29, 1.82) is 0 Å². The number of ether oxygens (including phenoxy) is 2. The quantitative estimate of drug-likeness (QED) is 0.795. The van der Waals surface area contributed by atoms with Gasteiger partial charge in [0.25, 0.3) is 0 Å². The molecular weight excluding hydrogens is 308 g/mol. The molecule has 2 bridgehead atoms. The van der Waals surface area contributed by atoms with Crippen molar-refractivity contribution in [3.63, 3.8) is 0 Å². The average Bonchev–Trinajstić information content (AvgIpc) is 2.99. The summed E-state index contributed by atoms with van der Waals surface area (Å²) in [5, 5.41) is 0. The van der Waals surface area contributed by atoms with Gasteiger partial charge < -0.3 is 9.47 Å². The van der Waals surface area contributed by atoms with Gasteiger partial charge in [0, 0.05) is 31.8 Å². The molecule has 0 spiro atoms. The predicted molar refractivity (Wildman–Crippen MR) is 91.9 cm³/mol. The molecular formula is C19H22O3S. The second kappa shape index (κ2) is 5.20. The van der Waals surface area contributed by atoms with Gasteiger partial charge in [0.05, 0.1) is 0 Å². The normalized spacial score (nSPS) is 40.3. The van der Waals surface area contributed by atoms with Crippen LogP contribution in [0.3, 0.4) is 0 Å². The lowest BCUT2D eigenvalue weighted by Crippen LogP contribution is -2.70. The van der Waals surface area contributed by atoms with Gasteiger partial charge >= 0.3 is 0 Å². The second-order valence-corrected chi connectivity index (χ2v) is 7.65. The molecule has 0 amide bonds. The van der Waals surface area contributed by atoms with Gasteiger partial charge in [0.1, 0.15) is 5.60 Å². The van der Waals surface area contributed by atoms with E-state index in [1.54, 1.807) is 26.0 Å². The Morgan fingerprint density at radius 1 is 1.26 bits per heavy atom. The Labute approximate surface area is 141 Å². The zero-order valence-electron chi connectivity index (χ0n) is 13.7. The number of carbonyl (C=O) groups is 1. The highest BCUT2D eigenvalue weighted by atomic mass is 32.2. The van der Waals surface area contributed by atoms with Crippen LogP contribution in [0.1, 0.15) is 17.0 Å². The third-order valence-electron chi connectivity index (χ3n) is 6.09. The van der Waals surface area contributed by atoms with Crippen LogP contribution in [0.2, 0.25) is 0 Å². The molecule has 122 valence electrons. The van der Waals surface area contributed by atoms with Gasteiger partial charge in [-0.25, -0.2) is 0 Å². The fraction of sp³-hybridized carbons (Fsp3) is 0.526. The molecule has 0 unspecified atom stereocenters. The third kappa shape index (κ3) is 1.72. The topological polar surface area (TPSA) is 35.5 Å². The zero-order chi connectivity index (χ0) is 16.2. The van der Waals surface area contributed by atoms with Crippen LogP contribution in [0, 0.1) is 11.8 Å². The summed E-state index contributed by atoms with van der Waals surface area (Å²) in [6.07, 6.45) is 7.20. The van der Waals surface area contributed by atoms with Crippen molar-refractivity contribution in [2.75, 3.05) is 26.2 Å². The number of fused-ring (bicyclic) bond motifs is 2. The van der Waals surface area contributed by atoms with E-state index in [-0.39, 0.29) is 17.6 Å². The lowest BCUT2D eigenvalue weighted by molar-refractivity contribution is -0.182. The summed E-state index contributed by atoms with van der Waals surface area (Å²) in [4.78, 5) is 13.5. The number of ketones is 1. The first-order chi connectivity index (χ1) is 11.1. The maximum atomic E-state index is 13.5. The Morgan fingerprint density at radius 3 is 2.74 bits per heavy atom. The smallest absolute Gasteiger partial charge is 0.202 e. The van der Waals surface area contributed by atoms with Gasteiger partial charge in [-0.05, 0) is 35.8 Å². The molecule has 4 heteroatoms. The van der Waals surface area contributed by atoms with E-state index in [4.69, 9.17) is 9.47 Å². The van der Waals surface area contributed by atoms with E-state index in [1.807, 2.05) is 12.3 Å². The van der Waals surface area contributed by atoms with Crippen LogP contribution in [-0.2, 0) is 20.7 Å². The lowest BCUT2D eigenvalue weighted by Gasteiger charge is -2.56. The SMILES string of the molecule is CO[C@@]1(CSC)C(=O)[C@]2(OC)C=C[C@H]1[C@H]1Cc3ccccc3[C@H]12. The lowest BCUT2D eigenvalue weighted by atomic mass is 9.53. The Balaban J connectivity index is 1.92. The van der Waals surface area contributed by atoms with Gasteiger partial charge in [-0.1, -0.05) is 30.3 Å². The van der Waals surface area contributed by atoms with E-state index in [2.05, 4.69) is 30.3 Å². The summed E-state index contributed by atoms with van der Waals surface area (Å²) in [6, 6.07) is 8.49. The first-order valence-electron chi connectivity index (χ1n) is 8.06. The molecule has 1 saturated carbocycles. The molecule has 4 aliphatic carbocycles. The average molecular weight is 330 g/mol. The molecule has 23 heavy (non-hydrogen) atoms. The second-order valence-electron chi connectivity index (χ2n) is 6.78. The minimum absolute atomic E-state index is 0.0924. The monoisotopic (exact) mass is 330 g/mol. The molecule has 1 aromatic rings. The highest BCUT2D eigenvalue weighted by Crippen LogP contribution is 2.61. The first-order valence-corrected chi connectivity index (χ1v) is 9.45. The summed E-state index contributed by atoms with van der Waals surface area (Å²) in [6.45, 7) is 0. The number of Topliss-reactive ketones (excluding diaryl/α,β-unsaturated/α-hetero) is 1. The highest BCUT2D eigenvalue weighted by Gasteiger charge is 2.69. The van der Waals surface area contributed by atoms with Gasteiger partial charge in [-0.3, -0.25) is 4.79 Å². The summed E-state index contributed by atoms with van der Waals surface area (Å²) in [5.41, 5.74) is 0.961. The Morgan fingerprint density at radius 2 is 2.04 bits per heavy atom. The summed E-state index contributed by atoms with van der Waals surface area (Å²) in [5.74, 6) is 1.34. The number of benzene rings is 1. The summed E-state index contributed by atoms with van der Waals surface area (Å²) in [7, 11) is 3.33. The fourth-order valence-corrected chi connectivity index (χ4v) is 6.02. The fourth-order valence-electron chi connectivity index (χ4n) is 5.15. The van der Waals surface area contributed by atoms with Gasteiger partial charge in [-0.2, -0.15) is 11.8 Å². The van der Waals surface area contributed by atoms with Crippen LogP contribution in [0.25, 0.3) is 0 Å². The third-order valence-corrected chi connectivity index (χ3v) is 6.80. The van der Waals surface area contributed by atoms with Gasteiger partial charge in [0.2, 0.25) is 5.78 Å². The van der Waals surface area contributed by atoms with E-state index in [0.29, 0.717) is 11.7 Å². The van der Waals surface area contributed by atoms with E-state index in [9.17, 15) is 4.79 Å². The van der Waals surface area contributed by atoms with E-state index in [1.165, 1.54) is 11.1 Å². The standard InChI is InChI=1S/C19H22O3S/c1-21-18-9-8-15(19(22-2,11-23-3)17(18)20)14-10-12-6-4-5-7-13(12)16(14)18/h4-9,14-16H,10-11H2,1-3H3/t14-,15+,16-,18+,19-/m1/s1. The van der Waals surface area contributed by atoms with Crippen molar-refractivity contribution in [3.05, 3.63) is 47.5 Å². The van der Waals surface area contributed by atoms with Crippen molar-refractivity contribution in [3.8, 4) is 0 Å². The molecule has 0 saturated heterocycles. The highest BCUT2D eigenvalue weighted by molar-refractivity contribution is 7.98. The number of hydrogen-bond acceptors (Lipinski definition) is 4. The molecule has 0 radical (unpaired) electrons. The van der Waals surface area contributed by atoms with E-state index < -0.39 is 11.2 Å². The molecule has 0 N–H and O–H groups in total. The predicted octanol–water partition coefficient (Wildman–Crippen LogP) is 2.84. The summed E-state index contributed by atoms with van der Waals surface area (Å²) < 4.78 is 11.8. The summed E-state index contributed by atoms with van der Waals surface area (Å²) >= 11 is 1.67. The molecule has 5 atom stereocenters. The van der Waals surface area contributed by atoms with E-state index in [0.717, 1.165) is 6.42 Å². The van der Waals surface area contributed by atoms with Gasteiger partial charge in [-0.15, -0.1) is 0 Å². The molecule has 1 fully saturated rings. The first kappa shape index (κ1) is 15.4. The van der Waals surface area contributed by atoms with Crippen LogP contribution in [0.4, 0.5) is 0 Å². The van der Waals surface area contributed by atoms with E-state index >= 15 is 0 Å². The Hall–Kier alpha value is -1.10. The largest absolute Gasteiger partial charge is 0.369 e. The van der Waals surface area contributed by atoms with Crippen LogP contribution in [0.5, 0.6) is 0 Å². The molecule has 5 rings (SSSR count). The number of thioether (sulfide) groups is 1. The number of hydrogen-bond donors (Lipinski definition) is 0. The Kier molecular flexibility index (Phi) is 3.49. The minimum atomic E-state index is -0.891. The molecule has 0 aromatic heterocycles. The molecule has 3 nitrogen and oxygen atoms in total. The Bertz CT molecular complexity index is 685. The van der Waals surface area contributed by atoms with Crippen molar-refractivity contribution in [2.45, 2.75) is 23.5 Å². The van der Waals surface area contributed by atoms with Crippen LogP contribution < -0.4 is 0 Å². The maximum absolute atomic E-state index is 13.5. The minimum Gasteiger partial charge on any atom is -0.369 e. The number of methoxy groups -OCH3 is 2. The molecule has 4 aliphatic rings. The number of rotatable bonds is 4. The van der Waals surface area contributed by atoms with Crippen molar-refractivity contribution in [1.82, 2.24) is 0 Å². The maximum Gasteiger partial charge on any atom is 0.202 e. The van der Waals surface area contributed by atoms with Crippen LogP contribution in [-0.4, -0.2) is 43.2 Å². The van der Waals surface area contributed by atoms with Crippen molar-refractivity contribution >= 4 is 17.5 Å². The molecule has 0 heterocycles.